The summed E-state index contributed by atoms with van der Waals surface area (Å²) in [4.78, 5) is 27.1. The van der Waals surface area contributed by atoms with E-state index in [-0.39, 0.29) is 30.1 Å². The number of hydrogen-bond donors (Lipinski definition) is 3. The van der Waals surface area contributed by atoms with Gasteiger partial charge in [-0.1, -0.05) is 18.2 Å². The van der Waals surface area contributed by atoms with Gasteiger partial charge in [-0.3, -0.25) is 14.7 Å². The smallest absolute Gasteiger partial charge is 0.274 e. The topological polar surface area (TPSA) is 90.1 Å². The number of carbonyl (C=O) groups is 2. The molecule has 3 heterocycles. The van der Waals surface area contributed by atoms with Gasteiger partial charge in [0.25, 0.3) is 11.8 Å². The van der Waals surface area contributed by atoms with E-state index >= 15 is 0 Å². The molecule has 8 heteroatoms. The third kappa shape index (κ3) is 4.36. The van der Waals surface area contributed by atoms with Gasteiger partial charge in [0.2, 0.25) is 0 Å². The number of piperidine rings is 1. The first-order valence-electron chi connectivity index (χ1n) is 9.61. The molecular formula is C20H26ClN5O2. The van der Waals surface area contributed by atoms with E-state index in [1.807, 2.05) is 23.1 Å². The minimum atomic E-state index is -0.0634. The molecule has 150 valence electrons. The first-order valence-corrected chi connectivity index (χ1v) is 9.61. The second-order valence-corrected chi connectivity index (χ2v) is 7.29. The molecule has 1 fully saturated rings. The van der Waals surface area contributed by atoms with Gasteiger partial charge in [0.1, 0.15) is 0 Å². The summed E-state index contributed by atoms with van der Waals surface area (Å²) in [7, 11) is 0. The van der Waals surface area contributed by atoms with Crippen LogP contribution in [0.3, 0.4) is 0 Å². The number of likely N-dealkylation sites (tertiary alicyclic amines) is 1. The van der Waals surface area contributed by atoms with E-state index in [4.69, 9.17) is 0 Å². The molecule has 0 saturated carbocycles. The van der Waals surface area contributed by atoms with Crippen molar-refractivity contribution < 1.29 is 9.59 Å². The Balaban J connectivity index is 0.00000225. The van der Waals surface area contributed by atoms with Crippen LogP contribution in [0.1, 0.15) is 44.9 Å². The molecule has 1 atom stereocenters. The molecule has 2 aliphatic heterocycles. The highest BCUT2D eigenvalue weighted by atomic mass is 35.5. The summed E-state index contributed by atoms with van der Waals surface area (Å²) in [5.41, 5.74) is 3.29. The van der Waals surface area contributed by atoms with Crippen molar-refractivity contribution in [3.8, 4) is 0 Å². The largest absolute Gasteiger partial charge is 0.352 e. The lowest BCUT2D eigenvalue weighted by atomic mass is 9.97. The van der Waals surface area contributed by atoms with Gasteiger partial charge >= 0.3 is 0 Å². The molecule has 0 spiro atoms. The molecule has 28 heavy (non-hydrogen) atoms. The van der Waals surface area contributed by atoms with E-state index in [2.05, 4.69) is 20.8 Å². The van der Waals surface area contributed by atoms with Gasteiger partial charge in [-0.15, -0.1) is 12.4 Å². The summed E-state index contributed by atoms with van der Waals surface area (Å²) in [6.07, 6.45) is 2.84. The highest BCUT2D eigenvalue weighted by molar-refractivity contribution is 5.94. The number of nitrogens with one attached hydrogen (secondary N) is 3. The molecule has 7 nitrogen and oxygen atoms in total. The number of benzene rings is 1. The average Bonchev–Trinajstić information content (AvgIpc) is 3.16. The fourth-order valence-corrected chi connectivity index (χ4v) is 3.90. The van der Waals surface area contributed by atoms with E-state index in [1.165, 1.54) is 0 Å². The number of rotatable bonds is 4. The van der Waals surface area contributed by atoms with Gasteiger partial charge in [0.15, 0.2) is 5.69 Å². The van der Waals surface area contributed by atoms with Crippen LogP contribution in [0.4, 0.5) is 0 Å². The van der Waals surface area contributed by atoms with Crippen LogP contribution in [0.2, 0.25) is 0 Å². The van der Waals surface area contributed by atoms with Crippen LogP contribution in [0.5, 0.6) is 0 Å². The SMILES string of the molecule is Cl.O=C(NCC1CCCN(C(=O)c2n[nH]c3c2CNCC3)C1)c1ccccc1. The number of nitrogens with zero attached hydrogens (tertiary/aromatic N) is 2. The van der Waals surface area contributed by atoms with Crippen molar-refractivity contribution in [2.45, 2.75) is 25.8 Å². The van der Waals surface area contributed by atoms with Crippen LogP contribution in [0.15, 0.2) is 30.3 Å². The molecule has 4 rings (SSSR count). The van der Waals surface area contributed by atoms with Crippen LogP contribution < -0.4 is 10.6 Å². The van der Waals surface area contributed by atoms with Crippen molar-refractivity contribution in [2.24, 2.45) is 5.92 Å². The fraction of sp³-hybridized carbons (Fsp3) is 0.450. The number of carbonyl (C=O) groups excluding carboxylic acids is 2. The second kappa shape index (κ2) is 9.21. The van der Waals surface area contributed by atoms with E-state index in [1.54, 1.807) is 12.1 Å². The summed E-state index contributed by atoms with van der Waals surface area (Å²) < 4.78 is 0. The molecule has 0 aliphatic carbocycles. The number of fused-ring (bicyclic) bond motifs is 1. The molecule has 2 aliphatic rings. The van der Waals surface area contributed by atoms with Crippen molar-refractivity contribution in [2.75, 3.05) is 26.2 Å². The predicted molar refractivity (Wildman–Crippen MR) is 109 cm³/mol. The van der Waals surface area contributed by atoms with Gasteiger partial charge in [0, 0.05) is 56.0 Å². The molecule has 1 aromatic heterocycles. The van der Waals surface area contributed by atoms with Crippen LogP contribution in [0, 0.1) is 5.92 Å². The maximum Gasteiger partial charge on any atom is 0.274 e. The third-order valence-corrected chi connectivity index (χ3v) is 5.40. The minimum absolute atomic E-state index is 0. The summed E-state index contributed by atoms with van der Waals surface area (Å²) in [5, 5.41) is 13.6. The lowest BCUT2D eigenvalue weighted by Crippen LogP contribution is -2.44. The van der Waals surface area contributed by atoms with E-state index < -0.39 is 0 Å². The Bertz CT molecular complexity index is 823. The summed E-state index contributed by atoms with van der Waals surface area (Å²) in [5.74, 6) is 0.199. The maximum absolute atomic E-state index is 13.0. The summed E-state index contributed by atoms with van der Waals surface area (Å²) in [6.45, 7) is 3.59. The zero-order chi connectivity index (χ0) is 18.6. The van der Waals surface area contributed by atoms with Gasteiger partial charge < -0.3 is 15.5 Å². The van der Waals surface area contributed by atoms with E-state index in [0.717, 1.165) is 43.6 Å². The highest BCUT2D eigenvalue weighted by Gasteiger charge is 2.29. The number of amides is 2. The van der Waals surface area contributed by atoms with E-state index in [0.29, 0.717) is 30.9 Å². The highest BCUT2D eigenvalue weighted by Crippen LogP contribution is 2.21. The molecule has 3 N–H and O–H groups in total. The molecule has 1 saturated heterocycles. The van der Waals surface area contributed by atoms with Crippen molar-refractivity contribution >= 4 is 24.2 Å². The Morgan fingerprint density at radius 2 is 2.07 bits per heavy atom. The molecule has 1 aromatic carbocycles. The zero-order valence-electron chi connectivity index (χ0n) is 15.7. The molecule has 0 bridgehead atoms. The van der Waals surface area contributed by atoms with Crippen LogP contribution >= 0.6 is 12.4 Å². The predicted octanol–water partition coefficient (Wildman–Crippen LogP) is 1.76. The first-order chi connectivity index (χ1) is 13.2. The fourth-order valence-electron chi connectivity index (χ4n) is 3.90. The Labute approximate surface area is 170 Å². The van der Waals surface area contributed by atoms with Crippen LogP contribution in [-0.2, 0) is 13.0 Å². The van der Waals surface area contributed by atoms with Crippen LogP contribution in [-0.4, -0.2) is 53.1 Å². The second-order valence-electron chi connectivity index (χ2n) is 7.29. The minimum Gasteiger partial charge on any atom is -0.352 e. The lowest BCUT2D eigenvalue weighted by Gasteiger charge is -2.32. The summed E-state index contributed by atoms with van der Waals surface area (Å²) >= 11 is 0. The van der Waals surface area contributed by atoms with Crippen molar-refractivity contribution in [1.29, 1.82) is 0 Å². The monoisotopic (exact) mass is 403 g/mol. The Hall–Kier alpha value is -2.38. The van der Waals surface area contributed by atoms with Crippen molar-refractivity contribution in [3.63, 3.8) is 0 Å². The number of hydrogen-bond acceptors (Lipinski definition) is 4. The molecule has 2 amide bonds. The summed E-state index contributed by atoms with van der Waals surface area (Å²) in [6, 6.07) is 9.22. The standard InChI is InChI=1S/C20H25N5O2.ClH/c26-19(15-6-2-1-3-7-15)22-11-14-5-4-10-25(13-14)20(27)18-16-12-21-9-8-17(16)23-24-18;/h1-3,6-7,14,21H,4-5,8-13H2,(H,22,26)(H,23,24);1H. The number of aromatic nitrogens is 2. The molecule has 2 aromatic rings. The molecule has 1 unspecified atom stereocenters. The first kappa shape index (κ1) is 20.4. The molecular weight excluding hydrogens is 378 g/mol. The number of halogens is 1. The van der Waals surface area contributed by atoms with Gasteiger partial charge in [0.05, 0.1) is 0 Å². The average molecular weight is 404 g/mol. The van der Waals surface area contributed by atoms with Gasteiger partial charge in [-0.05, 0) is 30.9 Å². The Kier molecular flexibility index (Phi) is 6.70. The van der Waals surface area contributed by atoms with Crippen LogP contribution in [0.25, 0.3) is 0 Å². The number of aromatic amines is 1. The zero-order valence-corrected chi connectivity index (χ0v) is 16.6. The lowest BCUT2D eigenvalue weighted by molar-refractivity contribution is 0.0663. The maximum atomic E-state index is 13.0. The number of H-pyrrole nitrogens is 1. The normalized spacial score (nSPS) is 18.7. The Morgan fingerprint density at radius 1 is 1.25 bits per heavy atom. The van der Waals surface area contributed by atoms with Gasteiger partial charge in [-0.25, -0.2) is 0 Å². The third-order valence-electron chi connectivity index (χ3n) is 5.40. The van der Waals surface area contributed by atoms with E-state index in [9.17, 15) is 9.59 Å². The Morgan fingerprint density at radius 3 is 2.89 bits per heavy atom. The van der Waals surface area contributed by atoms with Gasteiger partial charge in [-0.2, -0.15) is 5.10 Å². The molecule has 0 radical (unpaired) electrons. The van der Waals surface area contributed by atoms with Crippen molar-refractivity contribution in [1.82, 2.24) is 25.7 Å². The quantitative estimate of drug-likeness (QED) is 0.725. The van der Waals surface area contributed by atoms with Crippen molar-refractivity contribution in [3.05, 3.63) is 52.8 Å².